The molecule has 0 aromatic heterocycles. The first-order chi connectivity index (χ1) is 9.81. The van der Waals surface area contributed by atoms with Gasteiger partial charge in [-0.25, -0.2) is 13.2 Å². The number of rotatable bonds is 5. The van der Waals surface area contributed by atoms with Crippen molar-refractivity contribution in [2.24, 2.45) is 0 Å². The van der Waals surface area contributed by atoms with E-state index in [0.29, 0.717) is 18.7 Å². The molecule has 0 fully saturated rings. The summed E-state index contributed by atoms with van der Waals surface area (Å²) in [4.78, 5) is 11.0. The summed E-state index contributed by atoms with van der Waals surface area (Å²) >= 11 is 6.04. The molecule has 1 unspecified atom stereocenters. The molecule has 1 aliphatic heterocycles. The highest BCUT2D eigenvalue weighted by atomic mass is 35.5. The van der Waals surface area contributed by atoms with Crippen molar-refractivity contribution in [2.75, 3.05) is 13.1 Å². The highest BCUT2D eigenvalue weighted by Gasteiger charge is 2.33. The lowest BCUT2D eigenvalue weighted by molar-refractivity contribution is -0.144. The van der Waals surface area contributed by atoms with Crippen molar-refractivity contribution in [1.29, 1.82) is 0 Å². The van der Waals surface area contributed by atoms with Gasteiger partial charge in [-0.2, -0.15) is 4.31 Å². The first-order valence-corrected chi connectivity index (χ1v) is 8.35. The zero-order chi connectivity index (χ0) is 15.8. The van der Waals surface area contributed by atoms with Crippen molar-refractivity contribution in [3.63, 3.8) is 0 Å². The standard InChI is InChI=1S/C13H16ClNO5S/c1-3-15(4-2)21(18,19)9-5-8-6-11(13(16)17)20-12(8)10(14)7-9/h5,7,11H,3-4,6H2,1-2H3,(H,16,17). The molecular formula is C13H16ClNO5S. The van der Waals surface area contributed by atoms with Gasteiger partial charge in [0.05, 0.1) is 9.92 Å². The first kappa shape index (κ1) is 16.1. The van der Waals surface area contributed by atoms with Crippen LogP contribution < -0.4 is 4.74 Å². The van der Waals surface area contributed by atoms with E-state index in [0.717, 1.165) is 0 Å². The van der Waals surface area contributed by atoms with Crippen LogP contribution in [-0.4, -0.2) is 43.0 Å². The van der Waals surface area contributed by atoms with Gasteiger partial charge in [0.2, 0.25) is 10.0 Å². The predicted octanol–water partition coefficient (Wildman–Crippen LogP) is 1.76. The maximum absolute atomic E-state index is 12.5. The highest BCUT2D eigenvalue weighted by molar-refractivity contribution is 7.89. The molecule has 1 aromatic carbocycles. The van der Waals surface area contributed by atoms with E-state index >= 15 is 0 Å². The lowest BCUT2D eigenvalue weighted by Gasteiger charge is -2.19. The third kappa shape index (κ3) is 2.86. The van der Waals surface area contributed by atoms with Gasteiger partial charge in [-0.15, -0.1) is 0 Å². The first-order valence-electron chi connectivity index (χ1n) is 6.53. The topological polar surface area (TPSA) is 83.9 Å². The van der Waals surface area contributed by atoms with E-state index in [1.165, 1.54) is 16.4 Å². The van der Waals surface area contributed by atoms with Gasteiger partial charge in [0, 0.05) is 25.1 Å². The fourth-order valence-corrected chi connectivity index (χ4v) is 4.17. The summed E-state index contributed by atoms with van der Waals surface area (Å²) in [6.07, 6.45) is -0.921. The van der Waals surface area contributed by atoms with E-state index in [2.05, 4.69) is 0 Å². The van der Waals surface area contributed by atoms with Gasteiger partial charge in [0.1, 0.15) is 5.75 Å². The van der Waals surface area contributed by atoms with Gasteiger partial charge in [-0.3, -0.25) is 0 Å². The number of hydrogen-bond acceptors (Lipinski definition) is 4. The van der Waals surface area contributed by atoms with Crippen molar-refractivity contribution in [3.05, 3.63) is 22.7 Å². The van der Waals surface area contributed by atoms with Crippen LogP contribution in [0.2, 0.25) is 5.02 Å². The Labute approximate surface area is 128 Å². The molecule has 0 aliphatic carbocycles. The van der Waals surface area contributed by atoms with Gasteiger partial charge in [-0.05, 0) is 12.1 Å². The number of sulfonamides is 1. The van der Waals surface area contributed by atoms with Gasteiger partial charge < -0.3 is 9.84 Å². The molecule has 0 spiro atoms. The molecule has 0 bridgehead atoms. The second-order valence-corrected chi connectivity index (χ2v) is 6.98. The molecule has 1 atom stereocenters. The molecule has 1 N–H and O–H groups in total. The number of carboxylic acid groups (broad SMARTS) is 1. The van der Waals surface area contributed by atoms with Crippen molar-refractivity contribution in [2.45, 2.75) is 31.3 Å². The number of carbonyl (C=O) groups is 1. The summed E-state index contributed by atoms with van der Waals surface area (Å²) in [7, 11) is -3.64. The SMILES string of the molecule is CCN(CC)S(=O)(=O)c1cc(Cl)c2c(c1)CC(C(=O)O)O2. The van der Waals surface area contributed by atoms with Crippen LogP contribution in [-0.2, 0) is 21.2 Å². The van der Waals surface area contributed by atoms with Crippen molar-refractivity contribution >= 4 is 27.6 Å². The molecule has 0 amide bonds. The number of nitrogens with zero attached hydrogens (tertiary/aromatic N) is 1. The molecular weight excluding hydrogens is 318 g/mol. The molecule has 21 heavy (non-hydrogen) atoms. The van der Waals surface area contributed by atoms with Crippen LogP contribution in [0, 0.1) is 0 Å². The minimum Gasteiger partial charge on any atom is -0.478 e. The summed E-state index contributed by atoms with van der Waals surface area (Å²) in [5.74, 6) is -0.849. The van der Waals surface area contributed by atoms with Crippen molar-refractivity contribution in [1.82, 2.24) is 4.31 Å². The smallest absolute Gasteiger partial charge is 0.345 e. The molecule has 0 saturated carbocycles. The maximum Gasteiger partial charge on any atom is 0.345 e. The number of fused-ring (bicyclic) bond motifs is 1. The molecule has 116 valence electrons. The number of ether oxygens (including phenoxy) is 1. The Hall–Kier alpha value is -1.31. The summed E-state index contributed by atoms with van der Waals surface area (Å²) in [6.45, 7) is 4.20. The molecule has 0 radical (unpaired) electrons. The molecule has 2 rings (SSSR count). The Kier molecular flexibility index (Phi) is 4.46. The fourth-order valence-electron chi connectivity index (χ4n) is 2.29. The number of carboxylic acids is 1. The van der Waals surface area contributed by atoms with Crippen LogP contribution in [0.15, 0.2) is 17.0 Å². The van der Waals surface area contributed by atoms with Gasteiger partial charge >= 0.3 is 5.97 Å². The third-order valence-corrected chi connectivity index (χ3v) is 5.69. The van der Waals surface area contributed by atoms with Crippen LogP contribution >= 0.6 is 11.6 Å². The number of benzene rings is 1. The normalized spacial score (nSPS) is 17.6. The van der Waals surface area contributed by atoms with E-state index in [9.17, 15) is 13.2 Å². The Balaban J connectivity index is 2.45. The van der Waals surface area contributed by atoms with Crippen LogP contribution in [0.4, 0.5) is 0 Å². The number of hydrogen-bond donors (Lipinski definition) is 1. The van der Waals surface area contributed by atoms with Crippen LogP contribution in [0.25, 0.3) is 0 Å². The Morgan fingerprint density at radius 3 is 2.57 bits per heavy atom. The fraction of sp³-hybridized carbons (Fsp3) is 0.462. The van der Waals surface area contributed by atoms with Crippen LogP contribution in [0.1, 0.15) is 19.4 Å². The van der Waals surface area contributed by atoms with Crippen molar-refractivity contribution in [3.8, 4) is 5.75 Å². The van der Waals surface area contributed by atoms with Gasteiger partial charge in [0.15, 0.2) is 6.10 Å². The second kappa shape index (κ2) is 5.82. The molecule has 1 aliphatic rings. The van der Waals surface area contributed by atoms with Crippen LogP contribution in [0.5, 0.6) is 5.75 Å². The monoisotopic (exact) mass is 333 g/mol. The molecule has 6 nitrogen and oxygen atoms in total. The lowest BCUT2D eigenvalue weighted by Crippen LogP contribution is -2.30. The molecule has 0 saturated heterocycles. The maximum atomic E-state index is 12.5. The summed E-state index contributed by atoms with van der Waals surface area (Å²) in [5.41, 5.74) is 0.501. The van der Waals surface area contributed by atoms with E-state index in [1.54, 1.807) is 13.8 Å². The zero-order valence-corrected chi connectivity index (χ0v) is 13.2. The Morgan fingerprint density at radius 1 is 1.43 bits per heavy atom. The lowest BCUT2D eigenvalue weighted by atomic mass is 10.1. The number of aliphatic carboxylic acids is 1. The average Bonchev–Trinajstić information content (AvgIpc) is 2.84. The second-order valence-electron chi connectivity index (χ2n) is 4.63. The quantitative estimate of drug-likeness (QED) is 0.887. The molecule has 1 aromatic rings. The van der Waals surface area contributed by atoms with Gasteiger partial charge in [0.25, 0.3) is 0 Å². The minimum atomic E-state index is -3.64. The Morgan fingerprint density at radius 2 is 2.05 bits per heavy atom. The summed E-state index contributed by atoms with van der Waals surface area (Å²) in [5, 5.41) is 9.09. The molecule has 1 heterocycles. The minimum absolute atomic E-state index is 0.0598. The summed E-state index contributed by atoms with van der Waals surface area (Å²) < 4.78 is 31.5. The largest absolute Gasteiger partial charge is 0.478 e. The predicted molar refractivity (Wildman–Crippen MR) is 77.3 cm³/mol. The highest BCUT2D eigenvalue weighted by Crippen LogP contribution is 2.38. The Bertz CT molecular complexity index is 669. The third-order valence-electron chi connectivity index (χ3n) is 3.38. The van der Waals surface area contributed by atoms with Crippen LogP contribution in [0.3, 0.4) is 0 Å². The van der Waals surface area contributed by atoms with E-state index < -0.39 is 22.1 Å². The average molecular weight is 334 g/mol. The molecule has 8 heteroatoms. The van der Waals surface area contributed by atoms with E-state index in [4.69, 9.17) is 21.4 Å². The zero-order valence-electron chi connectivity index (χ0n) is 11.7. The summed E-state index contributed by atoms with van der Waals surface area (Å²) in [6, 6.07) is 2.75. The van der Waals surface area contributed by atoms with Crippen molar-refractivity contribution < 1.29 is 23.1 Å². The van der Waals surface area contributed by atoms with E-state index in [1.807, 2.05) is 0 Å². The van der Waals surface area contributed by atoms with E-state index in [-0.39, 0.29) is 22.1 Å². The van der Waals surface area contributed by atoms with Gasteiger partial charge in [-0.1, -0.05) is 25.4 Å². The number of halogens is 1.